The van der Waals surface area contributed by atoms with E-state index >= 15 is 0 Å². The predicted octanol–water partition coefficient (Wildman–Crippen LogP) is 3.52. The highest BCUT2D eigenvalue weighted by Crippen LogP contribution is 2.22. The Hall–Kier alpha value is -2.03. The van der Waals surface area contributed by atoms with Crippen LogP contribution in [0.2, 0.25) is 0 Å². The van der Waals surface area contributed by atoms with Crippen molar-refractivity contribution in [1.82, 2.24) is 4.98 Å². The van der Waals surface area contributed by atoms with E-state index in [2.05, 4.69) is 4.98 Å². The fourth-order valence-electron chi connectivity index (χ4n) is 1.86. The number of aromatic nitrogens is 1. The molecule has 0 aliphatic carbocycles. The molecule has 0 fully saturated rings. The van der Waals surface area contributed by atoms with Crippen LogP contribution in [0.3, 0.4) is 0 Å². The summed E-state index contributed by atoms with van der Waals surface area (Å²) in [7, 11) is 0. The number of carbonyl (C=O) groups is 1. The maximum Gasteiger partial charge on any atom is 0.172 e. The van der Waals surface area contributed by atoms with Crippen molar-refractivity contribution in [3.63, 3.8) is 0 Å². The average molecular weight is 243 g/mol. The van der Waals surface area contributed by atoms with E-state index in [0.29, 0.717) is 0 Å². The molecule has 0 saturated carbocycles. The standard InChI is InChI=1S/C15H14FNO/c1-10-3-4-14(16)13(9-10)15(18)11(2)12-5-7-17-8-6-12/h3-9,11H,1-2H3. The fraction of sp³-hybridized carbons (Fsp3) is 0.200. The molecule has 0 aliphatic heterocycles. The van der Waals surface area contributed by atoms with Crippen molar-refractivity contribution >= 4 is 5.78 Å². The van der Waals surface area contributed by atoms with E-state index in [1.54, 1.807) is 43.6 Å². The van der Waals surface area contributed by atoms with Crippen LogP contribution in [0.15, 0.2) is 42.7 Å². The van der Waals surface area contributed by atoms with Crippen LogP contribution in [0, 0.1) is 12.7 Å². The van der Waals surface area contributed by atoms with Gasteiger partial charge in [-0.05, 0) is 36.8 Å². The number of rotatable bonds is 3. The third kappa shape index (κ3) is 2.45. The lowest BCUT2D eigenvalue weighted by Gasteiger charge is -2.11. The minimum Gasteiger partial charge on any atom is -0.293 e. The maximum atomic E-state index is 13.7. The monoisotopic (exact) mass is 243 g/mol. The van der Waals surface area contributed by atoms with E-state index < -0.39 is 5.82 Å². The summed E-state index contributed by atoms with van der Waals surface area (Å²) >= 11 is 0. The van der Waals surface area contributed by atoms with Gasteiger partial charge in [0.05, 0.1) is 5.56 Å². The second-order valence-electron chi connectivity index (χ2n) is 4.35. The Balaban J connectivity index is 2.34. The van der Waals surface area contributed by atoms with Gasteiger partial charge in [0.1, 0.15) is 5.82 Å². The molecule has 1 aromatic heterocycles. The number of Topliss-reactive ketones (excluding diaryl/α,β-unsaturated/α-hetero) is 1. The Kier molecular flexibility index (Phi) is 3.51. The van der Waals surface area contributed by atoms with E-state index in [-0.39, 0.29) is 17.3 Å². The average Bonchev–Trinajstić information content (AvgIpc) is 2.41. The van der Waals surface area contributed by atoms with Crippen molar-refractivity contribution in [3.8, 4) is 0 Å². The van der Waals surface area contributed by atoms with Crippen molar-refractivity contribution in [2.45, 2.75) is 19.8 Å². The van der Waals surface area contributed by atoms with Crippen LogP contribution < -0.4 is 0 Å². The molecule has 1 heterocycles. The van der Waals surface area contributed by atoms with Crippen LogP contribution in [0.25, 0.3) is 0 Å². The van der Waals surface area contributed by atoms with Gasteiger partial charge in [0.15, 0.2) is 5.78 Å². The Labute approximate surface area is 105 Å². The summed E-state index contributed by atoms with van der Waals surface area (Å²) in [5.74, 6) is -1.04. The zero-order chi connectivity index (χ0) is 13.1. The molecular formula is C15H14FNO. The second-order valence-corrected chi connectivity index (χ2v) is 4.35. The maximum absolute atomic E-state index is 13.7. The van der Waals surface area contributed by atoms with E-state index in [0.717, 1.165) is 11.1 Å². The first-order chi connectivity index (χ1) is 8.59. The van der Waals surface area contributed by atoms with Crippen molar-refractivity contribution in [2.75, 3.05) is 0 Å². The van der Waals surface area contributed by atoms with E-state index in [1.165, 1.54) is 6.07 Å². The molecule has 18 heavy (non-hydrogen) atoms. The molecule has 0 N–H and O–H groups in total. The number of ketones is 1. The summed E-state index contributed by atoms with van der Waals surface area (Å²) in [4.78, 5) is 16.2. The Morgan fingerprint density at radius 2 is 1.89 bits per heavy atom. The summed E-state index contributed by atoms with van der Waals surface area (Å²) in [6, 6.07) is 8.13. The van der Waals surface area contributed by atoms with Gasteiger partial charge >= 0.3 is 0 Å². The first-order valence-corrected chi connectivity index (χ1v) is 5.80. The van der Waals surface area contributed by atoms with Gasteiger partial charge in [0.25, 0.3) is 0 Å². The molecule has 1 atom stereocenters. The minimum atomic E-state index is -0.466. The molecule has 0 aliphatic rings. The molecular weight excluding hydrogens is 229 g/mol. The van der Waals surface area contributed by atoms with Crippen LogP contribution in [0.4, 0.5) is 4.39 Å². The largest absolute Gasteiger partial charge is 0.293 e. The first-order valence-electron chi connectivity index (χ1n) is 5.80. The molecule has 3 heteroatoms. The topological polar surface area (TPSA) is 30.0 Å². The van der Waals surface area contributed by atoms with Gasteiger partial charge in [-0.1, -0.05) is 18.6 Å². The van der Waals surface area contributed by atoms with Crippen LogP contribution >= 0.6 is 0 Å². The molecule has 0 saturated heterocycles. The second kappa shape index (κ2) is 5.08. The third-order valence-electron chi connectivity index (χ3n) is 2.99. The van der Waals surface area contributed by atoms with E-state index in [1.807, 2.05) is 6.92 Å². The zero-order valence-corrected chi connectivity index (χ0v) is 10.4. The molecule has 0 spiro atoms. The summed E-state index contributed by atoms with van der Waals surface area (Å²) < 4.78 is 13.7. The molecule has 92 valence electrons. The smallest absolute Gasteiger partial charge is 0.172 e. The van der Waals surface area contributed by atoms with Crippen LogP contribution in [-0.2, 0) is 0 Å². The van der Waals surface area contributed by atoms with Gasteiger partial charge in [-0.3, -0.25) is 9.78 Å². The molecule has 0 radical (unpaired) electrons. The molecule has 1 unspecified atom stereocenters. The van der Waals surface area contributed by atoms with Crippen molar-refractivity contribution in [1.29, 1.82) is 0 Å². The quantitative estimate of drug-likeness (QED) is 0.772. The number of aryl methyl sites for hydroxylation is 1. The van der Waals surface area contributed by atoms with Gasteiger partial charge < -0.3 is 0 Å². The van der Waals surface area contributed by atoms with Crippen LogP contribution in [0.5, 0.6) is 0 Å². The number of hydrogen-bond acceptors (Lipinski definition) is 2. The third-order valence-corrected chi connectivity index (χ3v) is 2.99. The number of nitrogens with zero attached hydrogens (tertiary/aromatic N) is 1. The van der Waals surface area contributed by atoms with Crippen molar-refractivity contribution in [3.05, 3.63) is 65.2 Å². The summed E-state index contributed by atoms with van der Waals surface area (Å²) in [5, 5.41) is 0. The number of pyridine rings is 1. The number of benzene rings is 1. The SMILES string of the molecule is Cc1ccc(F)c(C(=O)C(C)c2ccncc2)c1. The van der Waals surface area contributed by atoms with Crippen molar-refractivity contribution in [2.24, 2.45) is 0 Å². The highest BCUT2D eigenvalue weighted by molar-refractivity contribution is 6.01. The minimum absolute atomic E-state index is 0.152. The predicted molar refractivity (Wildman–Crippen MR) is 68.1 cm³/mol. The number of halogens is 1. The highest BCUT2D eigenvalue weighted by atomic mass is 19.1. The van der Waals surface area contributed by atoms with E-state index in [9.17, 15) is 9.18 Å². The lowest BCUT2D eigenvalue weighted by molar-refractivity contribution is 0.0962. The van der Waals surface area contributed by atoms with E-state index in [4.69, 9.17) is 0 Å². The Bertz CT molecular complexity index is 566. The van der Waals surface area contributed by atoms with Gasteiger partial charge in [-0.2, -0.15) is 0 Å². The first kappa shape index (κ1) is 12.4. The summed E-state index contributed by atoms with van der Waals surface area (Å²) in [5.41, 5.74) is 1.87. The van der Waals surface area contributed by atoms with Gasteiger partial charge in [-0.15, -0.1) is 0 Å². The number of hydrogen-bond donors (Lipinski definition) is 0. The van der Waals surface area contributed by atoms with Gasteiger partial charge in [0, 0.05) is 18.3 Å². The molecule has 0 bridgehead atoms. The molecule has 2 nitrogen and oxygen atoms in total. The highest BCUT2D eigenvalue weighted by Gasteiger charge is 2.20. The van der Waals surface area contributed by atoms with Crippen LogP contribution in [-0.4, -0.2) is 10.8 Å². The zero-order valence-electron chi connectivity index (χ0n) is 10.4. The van der Waals surface area contributed by atoms with Gasteiger partial charge in [0.2, 0.25) is 0 Å². The van der Waals surface area contributed by atoms with Crippen molar-refractivity contribution < 1.29 is 9.18 Å². The normalized spacial score (nSPS) is 12.2. The molecule has 2 aromatic rings. The fourth-order valence-corrected chi connectivity index (χ4v) is 1.86. The lowest BCUT2D eigenvalue weighted by atomic mass is 9.92. The number of carbonyl (C=O) groups excluding carboxylic acids is 1. The molecule has 1 aromatic carbocycles. The lowest BCUT2D eigenvalue weighted by Crippen LogP contribution is -2.11. The molecule has 0 amide bonds. The summed E-state index contributed by atoms with van der Waals surface area (Å²) in [6.07, 6.45) is 3.26. The van der Waals surface area contributed by atoms with Gasteiger partial charge in [-0.25, -0.2) is 4.39 Å². The summed E-state index contributed by atoms with van der Waals surface area (Å²) in [6.45, 7) is 3.62. The van der Waals surface area contributed by atoms with Crippen LogP contribution in [0.1, 0.15) is 34.3 Å². The molecule has 2 rings (SSSR count). The Morgan fingerprint density at radius 3 is 2.56 bits per heavy atom. The Morgan fingerprint density at radius 1 is 1.22 bits per heavy atom.